The minimum absolute atomic E-state index is 0.322. The molecule has 2 nitrogen and oxygen atoms in total. The van der Waals surface area contributed by atoms with Crippen molar-refractivity contribution in [2.45, 2.75) is 26.8 Å². The average Bonchev–Trinajstić information content (AvgIpc) is 2.57. The van der Waals surface area contributed by atoms with Gasteiger partial charge in [0.05, 0.1) is 11.6 Å². The SMILES string of the molecule is CC1(C)CCN(Cc2cc(F)cc(C#N)c2)C1. The molecule has 2 rings (SSSR count). The van der Waals surface area contributed by atoms with Crippen molar-refractivity contribution < 1.29 is 4.39 Å². The summed E-state index contributed by atoms with van der Waals surface area (Å²) in [6.07, 6.45) is 1.17. The first kappa shape index (κ1) is 12.1. The number of nitrogens with zero attached hydrogens (tertiary/aromatic N) is 2. The van der Waals surface area contributed by atoms with E-state index in [1.807, 2.05) is 6.07 Å². The maximum Gasteiger partial charge on any atom is 0.124 e. The first-order chi connectivity index (χ1) is 7.98. The first-order valence-electron chi connectivity index (χ1n) is 5.90. The van der Waals surface area contributed by atoms with Gasteiger partial charge in [-0.25, -0.2) is 4.39 Å². The fourth-order valence-electron chi connectivity index (χ4n) is 2.42. The fraction of sp³-hybridized carbons (Fsp3) is 0.500. The summed E-state index contributed by atoms with van der Waals surface area (Å²) in [6.45, 7) is 7.31. The van der Waals surface area contributed by atoms with Gasteiger partial charge >= 0.3 is 0 Å². The lowest BCUT2D eigenvalue weighted by atomic mass is 9.93. The maximum absolute atomic E-state index is 13.3. The molecule has 0 spiro atoms. The molecule has 0 N–H and O–H groups in total. The topological polar surface area (TPSA) is 27.0 Å². The summed E-state index contributed by atoms with van der Waals surface area (Å²) in [5, 5.41) is 8.80. The molecule has 1 aliphatic heterocycles. The predicted octanol–water partition coefficient (Wildman–Crippen LogP) is 2.93. The standard InChI is InChI=1S/C14H17FN2/c1-14(2)3-4-17(10-14)9-12-5-11(8-16)6-13(15)7-12/h5-7H,3-4,9-10H2,1-2H3. The third kappa shape index (κ3) is 3.04. The Labute approximate surface area is 102 Å². The number of hydrogen-bond acceptors (Lipinski definition) is 2. The lowest BCUT2D eigenvalue weighted by Crippen LogP contribution is -2.22. The van der Waals surface area contributed by atoms with Crippen LogP contribution in [0.5, 0.6) is 0 Å². The van der Waals surface area contributed by atoms with E-state index in [0.717, 1.165) is 25.2 Å². The molecule has 0 unspecified atom stereocenters. The summed E-state index contributed by atoms with van der Waals surface area (Å²) in [6, 6.07) is 6.56. The van der Waals surface area contributed by atoms with E-state index in [0.29, 0.717) is 11.0 Å². The van der Waals surface area contributed by atoms with Gasteiger partial charge in [-0.1, -0.05) is 13.8 Å². The summed E-state index contributed by atoms with van der Waals surface area (Å²) < 4.78 is 13.3. The van der Waals surface area contributed by atoms with Crippen LogP contribution in [0.2, 0.25) is 0 Å². The summed E-state index contributed by atoms with van der Waals surface area (Å²) in [5.41, 5.74) is 1.64. The Morgan fingerprint density at radius 2 is 2.18 bits per heavy atom. The Balaban J connectivity index is 2.10. The Hall–Kier alpha value is -1.40. The Morgan fingerprint density at radius 3 is 2.76 bits per heavy atom. The van der Waals surface area contributed by atoms with Crippen molar-refractivity contribution in [1.29, 1.82) is 5.26 Å². The second-order valence-electron chi connectivity index (χ2n) is 5.58. The maximum atomic E-state index is 13.3. The zero-order chi connectivity index (χ0) is 12.5. The van der Waals surface area contributed by atoms with Crippen molar-refractivity contribution in [3.8, 4) is 6.07 Å². The molecule has 0 radical (unpaired) electrons. The molecule has 0 aromatic heterocycles. The molecular weight excluding hydrogens is 215 g/mol. The van der Waals surface area contributed by atoms with E-state index < -0.39 is 0 Å². The van der Waals surface area contributed by atoms with Gasteiger partial charge in [-0.15, -0.1) is 0 Å². The molecular formula is C14H17FN2. The van der Waals surface area contributed by atoms with Crippen molar-refractivity contribution in [2.24, 2.45) is 5.41 Å². The summed E-state index contributed by atoms with van der Waals surface area (Å²) in [7, 11) is 0. The Bertz CT molecular complexity index is 460. The van der Waals surface area contributed by atoms with Gasteiger partial charge in [0.1, 0.15) is 5.82 Å². The quantitative estimate of drug-likeness (QED) is 0.784. The van der Waals surface area contributed by atoms with Crippen LogP contribution in [-0.4, -0.2) is 18.0 Å². The highest BCUT2D eigenvalue weighted by Crippen LogP contribution is 2.29. The van der Waals surface area contributed by atoms with Crippen LogP contribution in [0.15, 0.2) is 18.2 Å². The van der Waals surface area contributed by atoms with Gasteiger partial charge in [0, 0.05) is 13.1 Å². The second kappa shape index (κ2) is 4.46. The van der Waals surface area contributed by atoms with Crippen LogP contribution in [0.4, 0.5) is 4.39 Å². The van der Waals surface area contributed by atoms with E-state index in [4.69, 9.17) is 5.26 Å². The monoisotopic (exact) mass is 232 g/mol. The normalized spacial score (nSPS) is 19.2. The average molecular weight is 232 g/mol. The highest BCUT2D eigenvalue weighted by atomic mass is 19.1. The van der Waals surface area contributed by atoms with Gasteiger partial charge in [0.2, 0.25) is 0 Å². The van der Waals surface area contributed by atoms with Crippen LogP contribution in [-0.2, 0) is 6.54 Å². The van der Waals surface area contributed by atoms with Crippen LogP contribution < -0.4 is 0 Å². The van der Waals surface area contributed by atoms with E-state index in [2.05, 4.69) is 18.7 Å². The van der Waals surface area contributed by atoms with Gasteiger partial charge < -0.3 is 0 Å². The van der Waals surface area contributed by atoms with Crippen molar-refractivity contribution >= 4 is 0 Å². The number of benzene rings is 1. The molecule has 1 aromatic rings. The summed E-state index contributed by atoms with van der Waals surface area (Å²) in [5.74, 6) is -0.322. The largest absolute Gasteiger partial charge is 0.299 e. The number of likely N-dealkylation sites (tertiary alicyclic amines) is 1. The molecule has 0 bridgehead atoms. The van der Waals surface area contributed by atoms with Gasteiger partial charge in [-0.2, -0.15) is 5.26 Å². The third-order valence-electron chi connectivity index (χ3n) is 3.25. The molecule has 0 saturated carbocycles. The van der Waals surface area contributed by atoms with Gasteiger partial charge in [-0.05, 0) is 42.1 Å². The number of rotatable bonds is 2. The molecule has 1 heterocycles. The third-order valence-corrected chi connectivity index (χ3v) is 3.25. The molecule has 1 fully saturated rings. The zero-order valence-corrected chi connectivity index (χ0v) is 10.3. The molecule has 1 aliphatic rings. The highest BCUT2D eigenvalue weighted by molar-refractivity contribution is 5.33. The minimum atomic E-state index is -0.322. The molecule has 0 amide bonds. The van der Waals surface area contributed by atoms with Crippen LogP contribution in [0, 0.1) is 22.6 Å². The number of hydrogen-bond donors (Lipinski definition) is 0. The highest BCUT2D eigenvalue weighted by Gasteiger charge is 2.28. The van der Waals surface area contributed by atoms with E-state index in [9.17, 15) is 4.39 Å². The number of halogens is 1. The van der Waals surface area contributed by atoms with Gasteiger partial charge in [-0.3, -0.25) is 4.90 Å². The second-order valence-corrected chi connectivity index (χ2v) is 5.58. The van der Waals surface area contributed by atoms with Crippen molar-refractivity contribution in [3.63, 3.8) is 0 Å². The fourth-order valence-corrected chi connectivity index (χ4v) is 2.42. The summed E-state index contributed by atoms with van der Waals surface area (Å²) in [4.78, 5) is 2.32. The van der Waals surface area contributed by atoms with Gasteiger partial charge in [0.25, 0.3) is 0 Å². The lowest BCUT2D eigenvalue weighted by molar-refractivity contribution is 0.284. The minimum Gasteiger partial charge on any atom is -0.299 e. The lowest BCUT2D eigenvalue weighted by Gasteiger charge is -2.19. The van der Waals surface area contributed by atoms with E-state index in [1.54, 1.807) is 6.07 Å². The smallest absolute Gasteiger partial charge is 0.124 e. The van der Waals surface area contributed by atoms with Crippen LogP contribution in [0.3, 0.4) is 0 Å². The molecule has 1 aromatic carbocycles. The Kier molecular flexibility index (Phi) is 3.17. The van der Waals surface area contributed by atoms with Crippen molar-refractivity contribution in [1.82, 2.24) is 4.90 Å². The van der Waals surface area contributed by atoms with E-state index >= 15 is 0 Å². The van der Waals surface area contributed by atoms with Crippen molar-refractivity contribution in [3.05, 3.63) is 35.1 Å². The van der Waals surface area contributed by atoms with E-state index in [-0.39, 0.29) is 5.82 Å². The number of nitriles is 1. The molecule has 17 heavy (non-hydrogen) atoms. The zero-order valence-electron chi connectivity index (χ0n) is 10.3. The molecule has 90 valence electrons. The van der Waals surface area contributed by atoms with E-state index in [1.165, 1.54) is 18.6 Å². The van der Waals surface area contributed by atoms with Crippen molar-refractivity contribution in [2.75, 3.05) is 13.1 Å². The predicted molar refractivity (Wildman–Crippen MR) is 64.8 cm³/mol. The van der Waals surface area contributed by atoms with Crippen LogP contribution in [0.25, 0.3) is 0 Å². The molecule has 3 heteroatoms. The molecule has 0 atom stereocenters. The summed E-state index contributed by atoms with van der Waals surface area (Å²) >= 11 is 0. The molecule has 0 aliphatic carbocycles. The van der Waals surface area contributed by atoms with Gasteiger partial charge in [0.15, 0.2) is 0 Å². The Morgan fingerprint density at radius 1 is 1.41 bits per heavy atom. The molecule has 1 saturated heterocycles. The first-order valence-corrected chi connectivity index (χ1v) is 5.90. The van der Waals surface area contributed by atoms with Crippen LogP contribution >= 0.6 is 0 Å². The van der Waals surface area contributed by atoms with Crippen LogP contribution in [0.1, 0.15) is 31.4 Å².